The number of hydrogen-bond acceptors (Lipinski definition) is 9. The number of fused-ring (bicyclic) bond motifs is 3. The van der Waals surface area contributed by atoms with Crippen LogP contribution in [0.15, 0.2) is 24.3 Å². The fourth-order valence-corrected chi connectivity index (χ4v) is 9.13. The van der Waals surface area contributed by atoms with E-state index in [0.29, 0.717) is 33.9 Å². The molecule has 6 fully saturated rings. The molecule has 2 aliphatic carbocycles. The number of carbonyl (C=O) groups is 2. The van der Waals surface area contributed by atoms with Crippen LogP contribution < -0.4 is 5.32 Å². The molecule has 0 radical (unpaired) electrons. The molecular formula is C37H49F3N2O8. The third-order valence-electron chi connectivity index (χ3n) is 11.8. The Balaban J connectivity index is 0.000000175. The summed E-state index contributed by atoms with van der Waals surface area (Å²) in [5.74, 6) is -0.455. The average molecular weight is 707 g/mol. The van der Waals surface area contributed by atoms with Gasteiger partial charge in [0.2, 0.25) is 6.29 Å². The number of esters is 1. The van der Waals surface area contributed by atoms with Gasteiger partial charge in [-0.15, -0.1) is 0 Å². The van der Waals surface area contributed by atoms with Crippen molar-refractivity contribution in [2.45, 2.75) is 134 Å². The summed E-state index contributed by atoms with van der Waals surface area (Å²) in [6.45, 7) is 8.89. The Labute approximate surface area is 290 Å². The summed E-state index contributed by atoms with van der Waals surface area (Å²) in [6.07, 6.45) is 0.834. The number of ether oxygens (including phenoxy) is 2. The lowest BCUT2D eigenvalue weighted by Gasteiger charge is -2.60. The molecule has 276 valence electrons. The first-order valence-electron chi connectivity index (χ1n) is 18.0. The van der Waals surface area contributed by atoms with E-state index in [0.717, 1.165) is 64.0 Å². The monoisotopic (exact) mass is 706 g/mol. The number of aliphatic hydroxyl groups is 1. The van der Waals surface area contributed by atoms with Crippen molar-refractivity contribution in [1.82, 2.24) is 10.3 Å². The number of rotatable bonds is 6. The molecule has 13 heteroatoms. The van der Waals surface area contributed by atoms with Crippen LogP contribution in [-0.2, 0) is 35.0 Å². The number of aliphatic hydroxyl groups excluding tert-OH is 1. The predicted molar refractivity (Wildman–Crippen MR) is 175 cm³/mol. The molecule has 6 aliphatic rings. The van der Waals surface area contributed by atoms with Gasteiger partial charge in [0, 0.05) is 29.7 Å². The molecule has 2 aromatic rings. The van der Waals surface area contributed by atoms with E-state index in [1.165, 1.54) is 0 Å². The quantitative estimate of drug-likeness (QED) is 0.217. The van der Waals surface area contributed by atoms with Gasteiger partial charge in [0.1, 0.15) is 16.9 Å². The van der Waals surface area contributed by atoms with Gasteiger partial charge < -0.3 is 25.0 Å². The summed E-state index contributed by atoms with van der Waals surface area (Å²) in [7, 11) is 0. The first-order valence-corrected chi connectivity index (χ1v) is 18.0. The van der Waals surface area contributed by atoms with Gasteiger partial charge in [-0.3, -0.25) is 9.59 Å². The molecule has 0 amide bonds. The SMILES string of the molecule is C[C@H]1[C@@H](OC(=O)CCC(=O)O)O[C@@H]2C[C@@]3(C)CC[C@H]4[C@H](C)CC[C@@H]1[C@@]24OO3.Cc1cccc2c(C(O)C3CCCCN3)cc(C(F)(F)F)nc12. The van der Waals surface area contributed by atoms with Gasteiger partial charge in [0.15, 0.2) is 0 Å². The number of alkyl halides is 3. The number of para-hydroxylation sites is 1. The van der Waals surface area contributed by atoms with E-state index < -0.39 is 41.8 Å². The molecule has 2 unspecified atom stereocenters. The zero-order chi connectivity index (χ0) is 36.0. The predicted octanol–water partition coefficient (Wildman–Crippen LogP) is 6.80. The molecular weight excluding hydrogens is 657 g/mol. The van der Waals surface area contributed by atoms with Gasteiger partial charge in [-0.25, -0.2) is 14.8 Å². The maximum atomic E-state index is 13.2. The summed E-state index contributed by atoms with van der Waals surface area (Å²) >= 11 is 0. The molecule has 4 saturated heterocycles. The lowest BCUT2D eigenvalue weighted by molar-refractivity contribution is -0.494. The zero-order valence-corrected chi connectivity index (χ0v) is 29.1. The van der Waals surface area contributed by atoms with Crippen molar-refractivity contribution in [3.05, 3.63) is 41.1 Å². The van der Waals surface area contributed by atoms with Crippen LogP contribution in [0.2, 0.25) is 0 Å². The first-order chi connectivity index (χ1) is 23.6. The number of nitrogens with zero attached hydrogens (tertiary/aromatic N) is 1. The maximum absolute atomic E-state index is 13.2. The van der Waals surface area contributed by atoms with E-state index in [-0.39, 0.29) is 42.4 Å². The minimum absolute atomic E-state index is 0.0314. The van der Waals surface area contributed by atoms with Crippen molar-refractivity contribution in [3.63, 3.8) is 0 Å². The largest absolute Gasteiger partial charge is 0.481 e. The highest BCUT2D eigenvalue weighted by Gasteiger charge is 2.68. The Morgan fingerprint density at radius 2 is 1.88 bits per heavy atom. The highest BCUT2D eigenvalue weighted by molar-refractivity contribution is 5.85. The Morgan fingerprint density at radius 3 is 2.58 bits per heavy atom. The number of aryl methyl sites for hydroxylation is 1. The fraction of sp³-hybridized carbons (Fsp3) is 0.703. The van der Waals surface area contributed by atoms with Crippen molar-refractivity contribution in [1.29, 1.82) is 0 Å². The summed E-state index contributed by atoms with van der Waals surface area (Å²) in [6, 6.07) is 5.98. The second-order valence-corrected chi connectivity index (χ2v) is 15.3. The standard InChI is InChI=1S/C20H30O7.C17H19F3N2O/c1-11-4-5-14-12(2)18(25-17(23)7-6-16(21)22)24-15-10-19(3)9-8-13(11)20(14,15)27-26-19;1-10-5-4-6-11-12(16(23)13-7-2-3-8-21-13)9-14(17(18,19)20)22-15(10)11/h11-15,18H,4-10H2,1-3H3,(H,21,22);4-6,9,13,16,21,23H,2-3,7-8H2,1H3/t11-,12-,13+,14+,15-,18-,19-,20-;/m1./s1. The molecule has 1 aromatic heterocycles. The number of aromatic nitrogens is 1. The number of pyridine rings is 1. The Hall–Kier alpha value is -2.84. The van der Waals surface area contributed by atoms with E-state index in [4.69, 9.17) is 24.4 Å². The average Bonchev–Trinajstić information content (AvgIpc) is 3.31. The first kappa shape index (κ1) is 36.9. The van der Waals surface area contributed by atoms with Gasteiger partial charge in [-0.2, -0.15) is 13.2 Å². The smallest absolute Gasteiger partial charge is 0.433 e. The summed E-state index contributed by atoms with van der Waals surface area (Å²) in [4.78, 5) is 38.7. The van der Waals surface area contributed by atoms with Gasteiger partial charge in [0.05, 0.1) is 30.6 Å². The van der Waals surface area contributed by atoms with Crippen LogP contribution in [0.1, 0.15) is 108 Å². The highest BCUT2D eigenvalue weighted by atomic mass is 19.4. The van der Waals surface area contributed by atoms with E-state index >= 15 is 0 Å². The Morgan fingerprint density at radius 1 is 1.10 bits per heavy atom. The van der Waals surface area contributed by atoms with Crippen LogP contribution in [0.4, 0.5) is 13.2 Å². The van der Waals surface area contributed by atoms with Crippen LogP contribution in [-0.4, -0.2) is 63.3 Å². The van der Waals surface area contributed by atoms with Gasteiger partial charge >= 0.3 is 18.1 Å². The number of aliphatic carboxylic acids is 1. The van der Waals surface area contributed by atoms with Crippen LogP contribution in [0, 0.1) is 30.6 Å². The number of halogens is 3. The molecule has 5 heterocycles. The van der Waals surface area contributed by atoms with Crippen LogP contribution in [0.3, 0.4) is 0 Å². The molecule has 10 atom stereocenters. The van der Waals surface area contributed by atoms with Crippen LogP contribution in [0.25, 0.3) is 10.9 Å². The third kappa shape index (κ3) is 7.13. The number of nitrogens with one attached hydrogen (secondary N) is 1. The molecule has 10 nitrogen and oxygen atoms in total. The molecule has 2 bridgehead atoms. The van der Waals surface area contributed by atoms with E-state index in [2.05, 4.69) is 24.1 Å². The van der Waals surface area contributed by atoms with Gasteiger partial charge in [0.25, 0.3) is 0 Å². The number of piperidine rings is 1. The minimum Gasteiger partial charge on any atom is -0.481 e. The number of carbonyl (C=O) groups excluding carboxylic acids is 1. The fourth-order valence-electron chi connectivity index (χ4n) is 9.13. The van der Waals surface area contributed by atoms with E-state index in [9.17, 15) is 27.9 Å². The zero-order valence-electron chi connectivity index (χ0n) is 29.1. The summed E-state index contributed by atoms with van der Waals surface area (Å²) < 4.78 is 51.4. The number of benzene rings is 1. The molecule has 1 spiro atoms. The van der Waals surface area contributed by atoms with Crippen molar-refractivity contribution >= 4 is 22.8 Å². The van der Waals surface area contributed by atoms with E-state index in [1.807, 2.05) is 6.92 Å². The van der Waals surface area contributed by atoms with Crippen LogP contribution >= 0.6 is 0 Å². The van der Waals surface area contributed by atoms with E-state index in [1.54, 1.807) is 25.1 Å². The molecule has 8 rings (SSSR count). The second kappa shape index (κ2) is 14.3. The molecule has 4 aliphatic heterocycles. The number of carboxylic acid groups (broad SMARTS) is 1. The Bertz CT molecular complexity index is 1570. The van der Waals surface area contributed by atoms with Crippen LogP contribution in [0.5, 0.6) is 0 Å². The molecule has 2 saturated carbocycles. The minimum atomic E-state index is -4.54. The molecule has 50 heavy (non-hydrogen) atoms. The normalized spacial score (nSPS) is 35.6. The second-order valence-electron chi connectivity index (χ2n) is 15.3. The van der Waals surface area contributed by atoms with Crippen molar-refractivity contribution in [2.24, 2.45) is 23.7 Å². The van der Waals surface area contributed by atoms with Gasteiger partial charge in [-0.05, 0) is 87.9 Å². The maximum Gasteiger partial charge on any atom is 0.433 e. The van der Waals surface area contributed by atoms with Gasteiger partial charge in [-0.1, -0.05) is 38.5 Å². The topological polar surface area (TPSA) is 136 Å². The van der Waals surface area contributed by atoms with Crippen molar-refractivity contribution < 1.29 is 52.2 Å². The third-order valence-corrected chi connectivity index (χ3v) is 11.8. The lowest BCUT2D eigenvalue weighted by Crippen LogP contribution is -2.69. The summed E-state index contributed by atoms with van der Waals surface area (Å²) in [5, 5.41) is 23.2. The molecule has 3 N–H and O–H groups in total. The number of carboxylic acids is 1. The summed E-state index contributed by atoms with van der Waals surface area (Å²) in [5.41, 5.74) is -0.548. The highest BCUT2D eigenvalue weighted by Crippen LogP contribution is 2.61. The molecule has 1 aromatic carbocycles. The number of hydrogen-bond donors (Lipinski definition) is 3. The van der Waals surface area contributed by atoms with Crippen molar-refractivity contribution in [2.75, 3.05) is 6.54 Å². The Kier molecular flexibility index (Phi) is 10.6. The van der Waals surface area contributed by atoms with Crippen molar-refractivity contribution in [3.8, 4) is 0 Å². The lowest BCUT2D eigenvalue weighted by atomic mass is 9.56.